The van der Waals surface area contributed by atoms with E-state index in [4.69, 9.17) is 29.8 Å². The van der Waals surface area contributed by atoms with Crippen LogP contribution in [0.2, 0.25) is 10.0 Å². The van der Waals surface area contributed by atoms with Crippen LogP contribution >= 0.6 is 23.2 Å². The predicted octanol–water partition coefficient (Wildman–Crippen LogP) is 7.52. The van der Waals surface area contributed by atoms with Crippen molar-refractivity contribution in [2.24, 2.45) is 5.92 Å². The lowest BCUT2D eigenvalue weighted by Crippen LogP contribution is -2.28. The highest BCUT2D eigenvalue weighted by molar-refractivity contribution is 7.91. The normalized spacial score (nSPS) is 11.2. The summed E-state index contributed by atoms with van der Waals surface area (Å²) in [5.41, 5.74) is 4.03. The number of urea groups is 1. The standard InChI is InChI=1S/C27H27Cl2N3O3S/c1-5-36(34,35)22-10-6-18(7-11-22)16-31-27(33)32-21-14-23(28)26(24(29)15-21)20-9-8-19(12-17(2)3)25(13-20)30-4/h6-11,13-15,17H,5,12,16H2,1-3H3,(H2,31,32,33). The lowest BCUT2D eigenvalue weighted by atomic mass is 9.97. The van der Waals surface area contributed by atoms with E-state index in [-0.39, 0.29) is 17.2 Å². The number of carbonyl (C=O) groups excluding carboxylic acids is 1. The molecule has 9 heteroatoms. The molecule has 0 atom stereocenters. The van der Waals surface area contributed by atoms with Crippen LogP contribution in [0, 0.1) is 12.5 Å². The third-order valence-corrected chi connectivity index (χ3v) is 7.88. The van der Waals surface area contributed by atoms with E-state index >= 15 is 0 Å². The Morgan fingerprint density at radius 1 is 1.03 bits per heavy atom. The third kappa shape index (κ3) is 6.79. The Labute approximate surface area is 222 Å². The maximum Gasteiger partial charge on any atom is 0.319 e. The van der Waals surface area contributed by atoms with E-state index in [1.54, 1.807) is 37.3 Å². The molecule has 0 saturated carbocycles. The van der Waals surface area contributed by atoms with Gasteiger partial charge in [-0.15, -0.1) is 0 Å². The van der Waals surface area contributed by atoms with Gasteiger partial charge in [-0.3, -0.25) is 0 Å². The zero-order valence-corrected chi connectivity index (χ0v) is 22.6. The second-order valence-electron chi connectivity index (χ2n) is 8.72. The fraction of sp³-hybridized carbons (Fsp3) is 0.259. The molecule has 0 aromatic heterocycles. The van der Waals surface area contributed by atoms with Crippen molar-refractivity contribution in [3.63, 3.8) is 0 Å². The molecule has 0 heterocycles. The summed E-state index contributed by atoms with van der Waals surface area (Å²) in [5.74, 6) is 0.456. The minimum absolute atomic E-state index is 0.0288. The van der Waals surface area contributed by atoms with Gasteiger partial charge in [0.1, 0.15) is 0 Å². The van der Waals surface area contributed by atoms with Gasteiger partial charge < -0.3 is 10.6 Å². The van der Waals surface area contributed by atoms with E-state index in [0.29, 0.717) is 32.9 Å². The number of hydrogen-bond acceptors (Lipinski definition) is 3. The van der Waals surface area contributed by atoms with E-state index in [1.807, 2.05) is 12.1 Å². The molecular weight excluding hydrogens is 517 g/mol. The first-order valence-corrected chi connectivity index (χ1v) is 13.8. The summed E-state index contributed by atoms with van der Waals surface area (Å²) in [5, 5.41) is 6.12. The molecule has 36 heavy (non-hydrogen) atoms. The van der Waals surface area contributed by atoms with E-state index in [1.165, 1.54) is 12.1 Å². The van der Waals surface area contributed by atoms with Crippen molar-refractivity contribution in [2.45, 2.75) is 38.6 Å². The van der Waals surface area contributed by atoms with Crippen molar-refractivity contribution >= 4 is 50.4 Å². The van der Waals surface area contributed by atoms with Crippen molar-refractivity contribution in [1.29, 1.82) is 0 Å². The largest absolute Gasteiger partial charge is 0.334 e. The van der Waals surface area contributed by atoms with Crippen molar-refractivity contribution in [2.75, 3.05) is 11.1 Å². The first kappa shape index (κ1) is 27.5. The van der Waals surface area contributed by atoms with Gasteiger partial charge >= 0.3 is 6.03 Å². The average molecular weight is 545 g/mol. The van der Waals surface area contributed by atoms with Gasteiger partial charge in [0.15, 0.2) is 15.5 Å². The van der Waals surface area contributed by atoms with Gasteiger partial charge in [-0.25, -0.2) is 18.1 Å². The van der Waals surface area contributed by atoms with Crippen LogP contribution in [-0.4, -0.2) is 20.2 Å². The van der Waals surface area contributed by atoms with Gasteiger partial charge in [0, 0.05) is 17.8 Å². The number of nitrogens with zero attached hydrogens (tertiary/aromatic N) is 1. The predicted molar refractivity (Wildman–Crippen MR) is 147 cm³/mol. The molecule has 3 rings (SSSR count). The summed E-state index contributed by atoms with van der Waals surface area (Å²) in [6.07, 6.45) is 0.805. The van der Waals surface area contributed by atoms with Crippen LogP contribution in [0.5, 0.6) is 0 Å². The summed E-state index contributed by atoms with van der Waals surface area (Å²) in [6.45, 7) is 13.5. The molecule has 0 radical (unpaired) electrons. The van der Waals surface area contributed by atoms with Crippen LogP contribution in [0.15, 0.2) is 59.5 Å². The van der Waals surface area contributed by atoms with Gasteiger partial charge in [0.25, 0.3) is 0 Å². The quantitative estimate of drug-likeness (QED) is 0.288. The van der Waals surface area contributed by atoms with Gasteiger partial charge in [-0.05, 0) is 59.4 Å². The first-order valence-electron chi connectivity index (χ1n) is 11.4. The van der Waals surface area contributed by atoms with Crippen LogP contribution < -0.4 is 10.6 Å². The number of carbonyl (C=O) groups is 1. The Balaban J connectivity index is 1.70. The van der Waals surface area contributed by atoms with Crippen LogP contribution in [0.4, 0.5) is 16.2 Å². The molecule has 2 amide bonds. The van der Waals surface area contributed by atoms with Gasteiger partial charge in [0.05, 0.1) is 27.3 Å². The Hall–Kier alpha value is -3.05. The van der Waals surface area contributed by atoms with E-state index in [9.17, 15) is 13.2 Å². The number of hydrogen-bond donors (Lipinski definition) is 2. The second kappa shape index (κ2) is 11.8. The lowest BCUT2D eigenvalue weighted by molar-refractivity contribution is 0.251. The molecule has 188 valence electrons. The molecule has 0 aliphatic carbocycles. The molecule has 3 aromatic rings. The highest BCUT2D eigenvalue weighted by Gasteiger charge is 2.15. The fourth-order valence-corrected chi connectivity index (χ4v) is 5.29. The molecule has 2 N–H and O–H groups in total. The van der Waals surface area contributed by atoms with Crippen molar-refractivity contribution in [3.05, 3.63) is 87.2 Å². The minimum Gasteiger partial charge on any atom is -0.334 e. The number of anilines is 1. The van der Waals surface area contributed by atoms with Gasteiger partial charge in [-0.2, -0.15) is 0 Å². The molecule has 0 saturated heterocycles. The monoisotopic (exact) mass is 543 g/mol. The second-order valence-corrected chi connectivity index (χ2v) is 11.8. The maximum absolute atomic E-state index is 12.4. The van der Waals surface area contributed by atoms with Crippen molar-refractivity contribution < 1.29 is 13.2 Å². The summed E-state index contributed by atoms with van der Waals surface area (Å²) in [7, 11) is -3.27. The Bertz CT molecular complexity index is 1390. The molecule has 0 aliphatic heterocycles. The summed E-state index contributed by atoms with van der Waals surface area (Å²) in [4.78, 5) is 16.3. The molecule has 0 unspecified atom stereocenters. The molecule has 6 nitrogen and oxygen atoms in total. The number of amides is 2. The molecule has 3 aromatic carbocycles. The number of sulfone groups is 1. The van der Waals surface area contributed by atoms with Crippen molar-refractivity contribution in [1.82, 2.24) is 5.32 Å². The topological polar surface area (TPSA) is 79.6 Å². The zero-order chi connectivity index (χ0) is 26.5. The molecule has 0 fully saturated rings. The minimum atomic E-state index is -3.27. The Kier molecular flexibility index (Phi) is 9.02. The van der Waals surface area contributed by atoms with Gasteiger partial charge in [-0.1, -0.05) is 68.2 Å². The number of rotatable bonds is 8. The number of halogens is 2. The smallest absolute Gasteiger partial charge is 0.319 e. The van der Waals surface area contributed by atoms with Crippen LogP contribution in [0.3, 0.4) is 0 Å². The van der Waals surface area contributed by atoms with Gasteiger partial charge in [0.2, 0.25) is 0 Å². The molecule has 0 aliphatic rings. The van der Waals surface area contributed by atoms with E-state index in [2.05, 4.69) is 29.3 Å². The summed E-state index contributed by atoms with van der Waals surface area (Å²) in [6, 6.07) is 14.7. The average Bonchev–Trinajstić information content (AvgIpc) is 2.83. The highest BCUT2D eigenvalue weighted by atomic mass is 35.5. The van der Waals surface area contributed by atoms with Crippen molar-refractivity contribution in [3.8, 4) is 11.1 Å². The number of nitrogens with one attached hydrogen (secondary N) is 2. The lowest BCUT2D eigenvalue weighted by Gasteiger charge is -2.14. The fourth-order valence-electron chi connectivity index (χ4n) is 3.70. The molecular formula is C27H27Cl2N3O3S. The zero-order valence-electron chi connectivity index (χ0n) is 20.2. The maximum atomic E-state index is 12.4. The van der Waals surface area contributed by atoms with E-state index in [0.717, 1.165) is 23.1 Å². The first-order chi connectivity index (χ1) is 17.0. The SMILES string of the molecule is [C-]#[N+]c1cc(-c2c(Cl)cc(NC(=O)NCc3ccc(S(=O)(=O)CC)cc3)cc2Cl)ccc1CC(C)C. The molecule has 0 spiro atoms. The molecule has 0 bridgehead atoms. The van der Waals surface area contributed by atoms with Crippen LogP contribution in [0.1, 0.15) is 31.9 Å². The van der Waals surface area contributed by atoms with E-state index < -0.39 is 15.9 Å². The van der Waals surface area contributed by atoms with Crippen LogP contribution in [-0.2, 0) is 22.8 Å². The number of benzene rings is 3. The Morgan fingerprint density at radius 3 is 2.22 bits per heavy atom. The Morgan fingerprint density at radius 2 is 1.67 bits per heavy atom. The third-order valence-electron chi connectivity index (χ3n) is 5.54. The van der Waals surface area contributed by atoms with Crippen LogP contribution in [0.25, 0.3) is 16.0 Å². The summed E-state index contributed by atoms with van der Waals surface area (Å²) >= 11 is 13.1. The highest BCUT2D eigenvalue weighted by Crippen LogP contribution is 2.39. The summed E-state index contributed by atoms with van der Waals surface area (Å²) < 4.78 is 23.8.